The molecule has 0 radical (unpaired) electrons. The Morgan fingerprint density at radius 2 is 1.85 bits per heavy atom. The summed E-state index contributed by atoms with van der Waals surface area (Å²) in [5.41, 5.74) is 1.11. The lowest BCUT2D eigenvalue weighted by Crippen LogP contribution is -2.20. The SMILES string of the molecule is CCOC(=O)c1sc(NC(=O)COc2ccc(C(=O)CC)cc2)nc1C. The van der Waals surface area contributed by atoms with Gasteiger partial charge in [-0.15, -0.1) is 0 Å². The number of carbonyl (C=O) groups excluding carboxylic acids is 3. The molecule has 0 bridgehead atoms. The van der Waals surface area contributed by atoms with Gasteiger partial charge in [0.05, 0.1) is 12.3 Å². The number of esters is 1. The Labute approximate surface area is 155 Å². The number of thiazole rings is 1. The quantitative estimate of drug-likeness (QED) is 0.561. The highest BCUT2D eigenvalue weighted by Crippen LogP contribution is 2.23. The molecule has 0 spiro atoms. The third-order valence-electron chi connectivity index (χ3n) is 3.37. The van der Waals surface area contributed by atoms with E-state index in [0.717, 1.165) is 11.3 Å². The van der Waals surface area contributed by atoms with E-state index < -0.39 is 11.9 Å². The number of carbonyl (C=O) groups is 3. The molecule has 0 aliphatic rings. The number of amides is 1. The van der Waals surface area contributed by atoms with E-state index in [9.17, 15) is 14.4 Å². The summed E-state index contributed by atoms with van der Waals surface area (Å²) >= 11 is 1.05. The Kier molecular flexibility index (Phi) is 6.85. The predicted molar refractivity (Wildman–Crippen MR) is 98.0 cm³/mol. The van der Waals surface area contributed by atoms with E-state index in [4.69, 9.17) is 9.47 Å². The van der Waals surface area contributed by atoms with Crippen LogP contribution in [-0.4, -0.2) is 35.9 Å². The van der Waals surface area contributed by atoms with Gasteiger partial charge >= 0.3 is 5.97 Å². The first-order chi connectivity index (χ1) is 12.4. The number of benzene rings is 1. The molecule has 1 aromatic heterocycles. The smallest absolute Gasteiger partial charge is 0.350 e. The fraction of sp³-hybridized carbons (Fsp3) is 0.333. The van der Waals surface area contributed by atoms with Crippen LogP contribution in [0.4, 0.5) is 5.13 Å². The first-order valence-electron chi connectivity index (χ1n) is 8.15. The number of ketones is 1. The molecule has 2 rings (SSSR count). The number of Topliss-reactive ketones (excluding diaryl/α,β-unsaturated/α-hetero) is 1. The van der Waals surface area contributed by atoms with Gasteiger partial charge in [-0.05, 0) is 38.1 Å². The molecule has 8 heteroatoms. The van der Waals surface area contributed by atoms with Crippen LogP contribution in [0.1, 0.15) is 46.0 Å². The first-order valence-corrected chi connectivity index (χ1v) is 8.96. The molecule has 2 aromatic rings. The second-order valence-corrected chi connectivity index (χ2v) is 6.29. The van der Waals surface area contributed by atoms with Gasteiger partial charge in [-0.2, -0.15) is 0 Å². The van der Waals surface area contributed by atoms with E-state index in [-0.39, 0.29) is 19.0 Å². The molecule has 1 amide bonds. The maximum atomic E-state index is 12.0. The molecule has 1 aromatic carbocycles. The monoisotopic (exact) mass is 376 g/mol. The lowest BCUT2D eigenvalue weighted by molar-refractivity contribution is -0.118. The number of aryl methyl sites for hydroxylation is 1. The molecular formula is C18H20N2O5S. The van der Waals surface area contributed by atoms with Crippen molar-refractivity contribution in [1.29, 1.82) is 0 Å². The summed E-state index contributed by atoms with van der Waals surface area (Å²) in [6.45, 7) is 5.25. The maximum absolute atomic E-state index is 12.0. The van der Waals surface area contributed by atoms with Crippen LogP contribution in [0, 0.1) is 6.92 Å². The molecule has 0 aliphatic carbocycles. The summed E-state index contributed by atoms with van der Waals surface area (Å²) < 4.78 is 10.3. The third kappa shape index (κ3) is 5.13. The highest BCUT2D eigenvalue weighted by atomic mass is 32.1. The van der Waals surface area contributed by atoms with E-state index in [1.54, 1.807) is 45.0 Å². The Morgan fingerprint density at radius 1 is 1.15 bits per heavy atom. The summed E-state index contributed by atoms with van der Waals surface area (Å²) in [5.74, 6) is -0.329. The number of ether oxygens (including phenoxy) is 2. The molecule has 0 saturated heterocycles. The normalized spacial score (nSPS) is 10.3. The summed E-state index contributed by atoms with van der Waals surface area (Å²) in [4.78, 5) is 39.8. The fourth-order valence-corrected chi connectivity index (χ4v) is 2.96. The van der Waals surface area contributed by atoms with Gasteiger partial charge in [0.2, 0.25) is 0 Å². The van der Waals surface area contributed by atoms with E-state index in [2.05, 4.69) is 10.3 Å². The van der Waals surface area contributed by atoms with Crippen LogP contribution in [0.5, 0.6) is 5.75 Å². The van der Waals surface area contributed by atoms with Crippen molar-refractivity contribution >= 4 is 34.1 Å². The molecule has 0 fully saturated rings. The lowest BCUT2D eigenvalue weighted by Gasteiger charge is -2.06. The number of anilines is 1. The van der Waals surface area contributed by atoms with Crippen LogP contribution in [0.25, 0.3) is 0 Å². The standard InChI is InChI=1S/C18H20N2O5S/c1-4-14(21)12-6-8-13(9-7-12)25-10-15(22)20-18-19-11(3)16(26-18)17(23)24-5-2/h6-9H,4-5,10H2,1-3H3,(H,19,20,22). The fourth-order valence-electron chi connectivity index (χ4n) is 2.08. The number of nitrogens with zero attached hydrogens (tertiary/aromatic N) is 1. The second kappa shape index (κ2) is 9.10. The summed E-state index contributed by atoms with van der Waals surface area (Å²) in [5, 5.41) is 2.90. The topological polar surface area (TPSA) is 94.6 Å². The molecule has 1 heterocycles. The highest BCUT2D eigenvalue weighted by molar-refractivity contribution is 7.17. The zero-order chi connectivity index (χ0) is 19.1. The molecule has 1 N–H and O–H groups in total. The minimum Gasteiger partial charge on any atom is -0.484 e. The molecule has 0 unspecified atom stereocenters. The van der Waals surface area contributed by atoms with E-state index >= 15 is 0 Å². The van der Waals surface area contributed by atoms with E-state index in [0.29, 0.717) is 33.4 Å². The van der Waals surface area contributed by atoms with Gasteiger partial charge in [-0.1, -0.05) is 18.3 Å². The molecule has 0 saturated carbocycles. The van der Waals surface area contributed by atoms with Crippen LogP contribution in [0.2, 0.25) is 0 Å². The van der Waals surface area contributed by atoms with Crippen LogP contribution >= 0.6 is 11.3 Å². The molecule has 0 aliphatic heterocycles. The minimum absolute atomic E-state index is 0.0471. The predicted octanol–water partition coefficient (Wildman–Crippen LogP) is 3.24. The van der Waals surface area contributed by atoms with Crippen molar-refractivity contribution < 1.29 is 23.9 Å². The summed E-state index contributed by atoms with van der Waals surface area (Å²) in [7, 11) is 0. The number of nitrogens with one attached hydrogen (secondary N) is 1. The van der Waals surface area contributed by atoms with E-state index in [1.165, 1.54) is 0 Å². The Bertz CT molecular complexity index is 798. The van der Waals surface area contributed by atoms with Gasteiger partial charge in [0.15, 0.2) is 17.5 Å². The van der Waals surface area contributed by atoms with Crippen molar-refractivity contribution in [2.75, 3.05) is 18.5 Å². The largest absolute Gasteiger partial charge is 0.484 e. The zero-order valence-electron chi connectivity index (χ0n) is 14.8. The second-order valence-electron chi connectivity index (χ2n) is 5.29. The Hall–Kier alpha value is -2.74. The number of aromatic nitrogens is 1. The van der Waals surface area contributed by atoms with Crippen molar-refractivity contribution in [3.8, 4) is 5.75 Å². The Morgan fingerprint density at radius 3 is 2.46 bits per heavy atom. The number of rotatable bonds is 8. The van der Waals surface area contributed by atoms with Crippen molar-refractivity contribution in [3.05, 3.63) is 40.4 Å². The van der Waals surface area contributed by atoms with Crippen molar-refractivity contribution in [2.24, 2.45) is 0 Å². The number of hydrogen-bond donors (Lipinski definition) is 1. The summed E-state index contributed by atoms with van der Waals surface area (Å²) in [6.07, 6.45) is 0.434. The average molecular weight is 376 g/mol. The van der Waals surface area contributed by atoms with Crippen LogP contribution < -0.4 is 10.1 Å². The maximum Gasteiger partial charge on any atom is 0.350 e. The van der Waals surface area contributed by atoms with Gasteiger partial charge in [0.1, 0.15) is 10.6 Å². The van der Waals surface area contributed by atoms with Crippen molar-refractivity contribution in [3.63, 3.8) is 0 Å². The third-order valence-corrected chi connectivity index (χ3v) is 4.42. The highest BCUT2D eigenvalue weighted by Gasteiger charge is 2.17. The van der Waals surface area contributed by atoms with E-state index in [1.807, 2.05) is 0 Å². The molecule has 138 valence electrons. The molecule has 7 nitrogen and oxygen atoms in total. The summed E-state index contributed by atoms with van der Waals surface area (Å²) in [6, 6.07) is 6.61. The van der Waals surface area contributed by atoms with Gasteiger partial charge in [0, 0.05) is 12.0 Å². The first kappa shape index (κ1) is 19.6. The van der Waals surface area contributed by atoms with Gasteiger partial charge in [0.25, 0.3) is 5.91 Å². The van der Waals surface area contributed by atoms with Crippen molar-refractivity contribution in [1.82, 2.24) is 4.98 Å². The molecular weight excluding hydrogens is 356 g/mol. The van der Waals surface area contributed by atoms with Crippen LogP contribution in [-0.2, 0) is 9.53 Å². The van der Waals surface area contributed by atoms with Gasteiger partial charge < -0.3 is 9.47 Å². The minimum atomic E-state index is -0.457. The molecule has 0 atom stereocenters. The Balaban J connectivity index is 1.90. The zero-order valence-corrected chi connectivity index (χ0v) is 15.6. The van der Waals surface area contributed by atoms with Crippen molar-refractivity contribution in [2.45, 2.75) is 27.2 Å². The van der Waals surface area contributed by atoms with Crippen LogP contribution in [0.3, 0.4) is 0 Å². The van der Waals surface area contributed by atoms with Gasteiger partial charge in [-0.3, -0.25) is 14.9 Å². The average Bonchev–Trinajstić information content (AvgIpc) is 3.00. The van der Waals surface area contributed by atoms with Crippen LogP contribution in [0.15, 0.2) is 24.3 Å². The lowest BCUT2D eigenvalue weighted by atomic mass is 10.1. The molecule has 26 heavy (non-hydrogen) atoms. The number of hydrogen-bond acceptors (Lipinski definition) is 7. The van der Waals surface area contributed by atoms with Gasteiger partial charge in [-0.25, -0.2) is 9.78 Å².